The average Bonchev–Trinajstić information content (AvgIpc) is 3.25. The summed E-state index contributed by atoms with van der Waals surface area (Å²) in [5, 5.41) is 9.67. The van der Waals surface area contributed by atoms with Crippen LogP contribution in [0.5, 0.6) is 0 Å². The Kier molecular flexibility index (Phi) is 5.39. The molecular formula is C19H17BrN4O2S2. The third-order valence-electron chi connectivity index (χ3n) is 4.47. The summed E-state index contributed by atoms with van der Waals surface area (Å²) in [6.07, 6.45) is 0. The number of thiophene rings is 1. The van der Waals surface area contributed by atoms with Gasteiger partial charge in [0.1, 0.15) is 4.83 Å². The molecule has 0 unspecified atom stereocenters. The van der Waals surface area contributed by atoms with Crippen molar-refractivity contribution >= 4 is 49.2 Å². The van der Waals surface area contributed by atoms with Crippen molar-refractivity contribution in [1.29, 1.82) is 0 Å². The van der Waals surface area contributed by atoms with E-state index in [0.29, 0.717) is 29.2 Å². The van der Waals surface area contributed by atoms with Crippen molar-refractivity contribution in [2.45, 2.75) is 38.2 Å². The Balaban J connectivity index is 1.63. The lowest BCUT2D eigenvalue weighted by Gasteiger charge is -2.08. The average molecular weight is 477 g/mol. The summed E-state index contributed by atoms with van der Waals surface area (Å²) in [5.74, 6) is 1.40. The number of thioether (sulfide) groups is 1. The van der Waals surface area contributed by atoms with Crippen LogP contribution in [0.15, 0.2) is 43.1 Å². The summed E-state index contributed by atoms with van der Waals surface area (Å²) >= 11 is 6.48. The Hall–Kier alpha value is -1.97. The largest absolute Gasteiger partial charge is 0.420 e. The van der Waals surface area contributed by atoms with Crippen LogP contribution in [0.2, 0.25) is 0 Å². The molecule has 0 N–H and O–H groups in total. The van der Waals surface area contributed by atoms with Crippen molar-refractivity contribution in [2.75, 3.05) is 0 Å². The van der Waals surface area contributed by atoms with Gasteiger partial charge in [-0.15, -0.1) is 21.5 Å². The molecule has 3 heterocycles. The van der Waals surface area contributed by atoms with E-state index in [1.807, 2.05) is 45.0 Å². The number of halogens is 1. The summed E-state index contributed by atoms with van der Waals surface area (Å²) in [7, 11) is 0. The predicted molar refractivity (Wildman–Crippen MR) is 116 cm³/mol. The van der Waals surface area contributed by atoms with Crippen LogP contribution in [-0.2, 0) is 12.3 Å². The van der Waals surface area contributed by atoms with Crippen molar-refractivity contribution in [3.63, 3.8) is 0 Å². The quantitative estimate of drug-likeness (QED) is 0.291. The number of hydrogen-bond acceptors (Lipinski definition) is 7. The molecule has 0 aliphatic carbocycles. The maximum Gasteiger partial charge on any atom is 0.263 e. The highest BCUT2D eigenvalue weighted by Crippen LogP contribution is 2.30. The highest BCUT2D eigenvalue weighted by molar-refractivity contribution is 9.10. The molecular weight excluding hydrogens is 460 g/mol. The zero-order valence-electron chi connectivity index (χ0n) is 15.5. The number of fused-ring (bicyclic) bond motifs is 1. The van der Waals surface area contributed by atoms with Gasteiger partial charge in [0.15, 0.2) is 5.16 Å². The molecule has 0 aliphatic rings. The van der Waals surface area contributed by atoms with Gasteiger partial charge in [-0.05, 0) is 54.4 Å². The van der Waals surface area contributed by atoms with Crippen LogP contribution in [-0.4, -0.2) is 19.7 Å². The lowest BCUT2D eigenvalue weighted by molar-refractivity contribution is 0.527. The fourth-order valence-corrected chi connectivity index (χ4v) is 5.30. The number of nitrogens with zero attached hydrogens (tertiary/aromatic N) is 4. The zero-order chi connectivity index (χ0) is 19.8. The molecule has 4 rings (SSSR count). The van der Waals surface area contributed by atoms with Gasteiger partial charge >= 0.3 is 0 Å². The SMILES string of the molecule is CCn1c(SCc2nnc(-c3ccccc3Br)o2)nc2sc(C)c(C)c2c1=O. The molecule has 0 radical (unpaired) electrons. The van der Waals surface area contributed by atoms with Gasteiger partial charge in [-0.25, -0.2) is 4.98 Å². The standard InChI is InChI=1S/C19H17BrN4O2S2/c1-4-24-18(25)15-10(2)11(3)28-17(15)21-19(24)27-9-14-22-23-16(26-14)12-7-5-6-8-13(12)20/h5-8H,4,9H2,1-3H3. The number of rotatable bonds is 5. The van der Waals surface area contributed by atoms with Crippen LogP contribution in [0.3, 0.4) is 0 Å². The number of benzene rings is 1. The smallest absolute Gasteiger partial charge is 0.263 e. The van der Waals surface area contributed by atoms with E-state index in [1.165, 1.54) is 11.8 Å². The first-order valence-electron chi connectivity index (χ1n) is 8.70. The molecule has 28 heavy (non-hydrogen) atoms. The Morgan fingerprint density at radius 3 is 2.79 bits per heavy atom. The Morgan fingerprint density at radius 1 is 1.25 bits per heavy atom. The molecule has 4 aromatic rings. The van der Waals surface area contributed by atoms with Crippen LogP contribution in [0.1, 0.15) is 23.3 Å². The molecule has 0 atom stereocenters. The minimum absolute atomic E-state index is 0.0104. The van der Waals surface area contributed by atoms with Crippen LogP contribution in [0.4, 0.5) is 0 Å². The Morgan fingerprint density at radius 2 is 2.04 bits per heavy atom. The van der Waals surface area contributed by atoms with Crippen LogP contribution in [0, 0.1) is 13.8 Å². The van der Waals surface area contributed by atoms with Crippen LogP contribution >= 0.6 is 39.0 Å². The highest BCUT2D eigenvalue weighted by Gasteiger charge is 2.17. The molecule has 3 aromatic heterocycles. The van der Waals surface area contributed by atoms with Gasteiger partial charge in [-0.3, -0.25) is 9.36 Å². The third-order valence-corrected chi connectivity index (χ3v) is 7.22. The number of aromatic nitrogens is 4. The molecule has 0 saturated heterocycles. The summed E-state index contributed by atoms with van der Waals surface area (Å²) in [4.78, 5) is 19.6. The second-order valence-corrected chi connectivity index (χ2v) is 9.18. The first kappa shape index (κ1) is 19.4. The van der Waals surface area contributed by atoms with E-state index in [0.717, 1.165) is 30.7 Å². The van der Waals surface area contributed by atoms with E-state index in [-0.39, 0.29) is 5.56 Å². The minimum Gasteiger partial charge on any atom is -0.420 e. The van der Waals surface area contributed by atoms with Gasteiger partial charge in [0, 0.05) is 15.9 Å². The summed E-state index contributed by atoms with van der Waals surface area (Å²) in [6, 6.07) is 7.70. The second-order valence-electron chi connectivity index (χ2n) is 6.18. The van der Waals surface area contributed by atoms with E-state index < -0.39 is 0 Å². The third kappa shape index (κ3) is 3.42. The predicted octanol–water partition coefficient (Wildman–Crippen LogP) is 5.20. The van der Waals surface area contributed by atoms with Gasteiger partial charge in [0.2, 0.25) is 11.8 Å². The molecule has 144 valence electrons. The number of aryl methyl sites for hydroxylation is 2. The molecule has 9 heteroatoms. The van der Waals surface area contributed by atoms with E-state index >= 15 is 0 Å². The van der Waals surface area contributed by atoms with Gasteiger partial charge < -0.3 is 4.42 Å². The molecule has 6 nitrogen and oxygen atoms in total. The Bertz CT molecular complexity index is 1230. The van der Waals surface area contributed by atoms with Gasteiger partial charge in [0.05, 0.1) is 16.7 Å². The van der Waals surface area contributed by atoms with Gasteiger partial charge in [0.25, 0.3) is 5.56 Å². The highest BCUT2D eigenvalue weighted by atomic mass is 79.9. The van der Waals surface area contributed by atoms with Gasteiger partial charge in [-0.2, -0.15) is 0 Å². The van der Waals surface area contributed by atoms with Crippen molar-refractivity contribution in [2.24, 2.45) is 0 Å². The normalized spacial score (nSPS) is 11.4. The lowest BCUT2D eigenvalue weighted by atomic mass is 10.2. The molecule has 0 saturated carbocycles. The molecule has 0 spiro atoms. The van der Waals surface area contributed by atoms with Crippen molar-refractivity contribution in [3.8, 4) is 11.5 Å². The van der Waals surface area contributed by atoms with Gasteiger partial charge in [-0.1, -0.05) is 23.9 Å². The fourth-order valence-electron chi connectivity index (χ4n) is 2.88. The van der Waals surface area contributed by atoms with Crippen LogP contribution in [0.25, 0.3) is 21.7 Å². The van der Waals surface area contributed by atoms with E-state index in [9.17, 15) is 4.79 Å². The van der Waals surface area contributed by atoms with Crippen molar-refractivity contribution in [3.05, 3.63) is 55.4 Å². The Labute approximate surface area is 178 Å². The lowest BCUT2D eigenvalue weighted by Crippen LogP contribution is -2.22. The minimum atomic E-state index is 0.0104. The molecule has 0 amide bonds. The second kappa shape index (κ2) is 7.81. The summed E-state index contributed by atoms with van der Waals surface area (Å²) in [5.41, 5.74) is 1.88. The number of hydrogen-bond donors (Lipinski definition) is 0. The first-order chi connectivity index (χ1) is 13.5. The molecule has 0 fully saturated rings. The van der Waals surface area contributed by atoms with Crippen molar-refractivity contribution < 1.29 is 4.42 Å². The maximum absolute atomic E-state index is 12.9. The van der Waals surface area contributed by atoms with E-state index in [4.69, 9.17) is 9.40 Å². The first-order valence-corrected chi connectivity index (χ1v) is 11.3. The molecule has 0 aliphatic heterocycles. The zero-order valence-corrected chi connectivity index (χ0v) is 18.7. The molecule has 0 bridgehead atoms. The summed E-state index contributed by atoms with van der Waals surface area (Å²) < 4.78 is 8.40. The molecule has 1 aromatic carbocycles. The van der Waals surface area contributed by atoms with Crippen LogP contribution < -0.4 is 5.56 Å². The maximum atomic E-state index is 12.9. The topological polar surface area (TPSA) is 73.8 Å². The van der Waals surface area contributed by atoms with E-state index in [1.54, 1.807) is 15.9 Å². The monoisotopic (exact) mass is 476 g/mol. The summed E-state index contributed by atoms with van der Waals surface area (Å²) in [6.45, 7) is 6.51. The van der Waals surface area contributed by atoms with Crippen molar-refractivity contribution in [1.82, 2.24) is 19.7 Å². The fraction of sp³-hybridized carbons (Fsp3) is 0.263. The van der Waals surface area contributed by atoms with E-state index in [2.05, 4.69) is 26.1 Å².